The van der Waals surface area contributed by atoms with Gasteiger partial charge in [-0.1, -0.05) is 31.2 Å². The van der Waals surface area contributed by atoms with E-state index in [9.17, 15) is 0 Å². The second-order valence-corrected chi connectivity index (χ2v) is 8.50. The Morgan fingerprint density at radius 3 is 2.76 bits per heavy atom. The molecule has 0 spiro atoms. The first kappa shape index (κ1) is 15.3. The standard InChI is InChI=1S/C18H22BrNS/c1-3-20-18(16-11-17(19)21-12(16)2)15-9-8-13-6-4-5-7-14(13)10-15/h4-7,11,15,18,20H,3,8-10H2,1-2H3. The number of hydrogen-bond acceptors (Lipinski definition) is 2. The zero-order valence-corrected chi connectivity index (χ0v) is 15.1. The van der Waals surface area contributed by atoms with Crippen LogP contribution in [0.15, 0.2) is 34.1 Å². The van der Waals surface area contributed by atoms with E-state index in [0.717, 1.165) is 6.54 Å². The Morgan fingerprint density at radius 1 is 1.33 bits per heavy atom. The first-order valence-electron chi connectivity index (χ1n) is 7.75. The maximum absolute atomic E-state index is 3.74. The molecular weight excluding hydrogens is 342 g/mol. The number of benzene rings is 1. The number of halogens is 1. The van der Waals surface area contributed by atoms with Gasteiger partial charge in [-0.15, -0.1) is 11.3 Å². The molecule has 1 N–H and O–H groups in total. The molecule has 1 aromatic carbocycles. The highest BCUT2D eigenvalue weighted by Crippen LogP contribution is 2.38. The second-order valence-electron chi connectivity index (χ2n) is 5.87. The molecule has 3 rings (SSSR count). The Hall–Kier alpha value is -0.640. The van der Waals surface area contributed by atoms with E-state index in [2.05, 4.69) is 65.4 Å². The van der Waals surface area contributed by atoms with Crippen LogP contribution < -0.4 is 5.32 Å². The summed E-state index contributed by atoms with van der Waals surface area (Å²) in [7, 11) is 0. The second kappa shape index (κ2) is 6.64. The molecule has 0 amide bonds. The van der Waals surface area contributed by atoms with E-state index >= 15 is 0 Å². The van der Waals surface area contributed by atoms with Crippen molar-refractivity contribution in [3.8, 4) is 0 Å². The van der Waals surface area contributed by atoms with Crippen LogP contribution in [0.2, 0.25) is 0 Å². The molecule has 2 aromatic rings. The lowest BCUT2D eigenvalue weighted by molar-refractivity contribution is 0.330. The van der Waals surface area contributed by atoms with Crippen LogP contribution in [0.3, 0.4) is 0 Å². The smallest absolute Gasteiger partial charge is 0.0704 e. The summed E-state index contributed by atoms with van der Waals surface area (Å²) in [6, 6.07) is 11.7. The van der Waals surface area contributed by atoms with Gasteiger partial charge >= 0.3 is 0 Å². The Kier molecular flexibility index (Phi) is 4.82. The molecule has 0 aliphatic heterocycles. The maximum Gasteiger partial charge on any atom is 0.0704 e. The summed E-state index contributed by atoms with van der Waals surface area (Å²) in [5.41, 5.74) is 4.58. The highest BCUT2D eigenvalue weighted by atomic mass is 79.9. The SMILES string of the molecule is CCNC(c1cc(Br)sc1C)C1CCc2ccccc2C1. The summed E-state index contributed by atoms with van der Waals surface area (Å²) in [4.78, 5) is 1.44. The van der Waals surface area contributed by atoms with Crippen LogP contribution in [0.4, 0.5) is 0 Å². The molecule has 1 nitrogen and oxygen atoms in total. The quantitative estimate of drug-likeness (QED) is 0.779. The summed E-state index contributed by atoms with van der Waals surface area (Å²) >= 11 is 5.49. The van der Waals surface area contributed by atoms with Crippen LogP contribution in [0, 0.1) is 12.8 Å². The van der Waals surface area contributed by atoms with Crippen molar-refractivity contribution in [1.29, 1.82) is 0 Å². The minimum absolute atomic E-state index is 0.478. The first-order valence-corrected chi connectivity index (χ1v) is 9.36. The van der Waals surface area contributed by atoms with Crippen molar-refractivity contribution in [3.05, 3.63) is 55.7 Å². The average molecular weight is 364 g/mol. The fourth-order valence-corrected chi connectivity index (χ4v) is 5.29. The van der Waals surface area contributed by atoms with E-state index in [1.54, 1.807) is 11.1 Å². The third-order valence-corrected chi connectivity index (χ3v) is 6.11. The highest BCUT2D eigenvalue weighted by molar-refractivity contribution is 9.11. The van der Waals surface area contributed by atoms with Gasteiger partial charge in [0.2, 0.25) is 0 Å². The molecule has 0 saturated carbocycles. The number of nitrogens with one attached hydrogen (secondary N) is 1. The van der Waals surface area contributed by atoms with Crippen molar-refractivity contribution in [2.75, 3.05) is 6.54 Å². The first-order chi connectivity index (χ1) is 10.2. The Bertz CT molecular complexity index is 619. The van der Waals surface area contributed by atoms with Gasteiger partial charge in [-0.2, -0.15) is 0 Å². The van der Waals surface area contributed by atoms with E-state index < -0.39 is 0 Å². The zero-order chi connectivity index (χ0) is 14.8. The Morgan fingerprint density at radius 2 is 2.10 bits per heavy atom. The van der Waals surface area contributed by atoms with Crippen LogP contribution in [0.1, 0.15) is 41.0 Å². The van der Waals surface area contributed by atoms with Gasteiger partial charge in [-0.05, 0) is 77.3 Å². The Balaban J connectivity index is 1.87. The predicted molar refractivity (Wildman–Crippen MR) is 95.1 cm³/mol. The molecule has 0 fully saturated rings. The molecule has 3 heteroatoms. The van der Waals surface area contributed by atoms with Crippen molar-refractivity contribution < 1.29 is 0 Å². The van der Waals surface area contributed by atoms with E-state index in [1.807, 2.05) is 11.3 Å². The van der Waals surface area contributed by atoms with Crippen molar-refractivity contribution in [3.63, 3.8) is 0 Å². The van der Waals surface area contributed by atoms with Gasteiger partial charge in [0.05, 0.1) is 3.79 Å². The molecule has 1 heterocycles. The van der Waals surface area contributed by atoms with Gasteiger partial charge in [0, 0.05) is 10.9 Å². The van der Waals surface area contributed by atoms with Crippen LogP contribution in [0.5, 0.6) is 0 Å². The molecule has 2 atom stereocenters. The number of fused-ring (bicyclic) bond motifs is 1. The lowest BCUT2D eigenvalue weighted by Crippen LogP contribution is -2.32. The fourth-order valence-electron chi connectivity index (χ4n) is 3.53. The number of aryl methyl sites for hydroxylation is 2. The van der Waals surface area contributed by atoms with Crippen molar-refractivity contribution in [1.82, 2.24) is 5.32 Å². The van der Waals surface area contributed by atoms with Gasteiger partial charge in [-0.25, -0.2) is 0 Å². The molecule has 0 bridgehead atoms. The third kappa shape index (κ3) is 3.25. The third-order valence-electron chi connectivity index (χ3n) is 4.54. The number of thiophene rings is 1. The van der Waals surface area contributed by atoms with Gasteiger partial charge in [0.15, 0.2) is 0 Å². The van der Waals surface area contributed by atoms with Crippen LogP contribution >= 0.6 is 27.3 Å². The maximum atomic E-state index is 3.74. The van der Waals surface area contributed by atoms with Crippen molar-refractivity contribution in [2.45, 2.75) is 39.2 Å². The summed E-state index contributed by atoms with van der Waals surface area (Å²) in [6.45, 7) is 5.47. The molecular formula is C18H22BrNS. The summed E-state index contributed by atoms with van der Waals surface area (Å²) in [5.74, 6) is 0.694. The summed E-state index contributed by atoms with van der Waals surface area (Å²) < 4.78 is 1.24. The van der Waals surface area contributed by atoms with Crippen LogP contribution in [-0.2, 0) is 12.8 Å². The molecule has 0 saturated heterocycles. The van der Waals surface area contributed by atoms with E-state index in [-0.39, 0.29) is 0 Å². The summed E-state index contributed by atoms with van der Waals surface area (Å²) in [5, 5.41) is 3.74. The molecule has 21 heavy (non-hydrogen) atoms. The van der Waals surface area contributed by atoms with Gasteiger partial charge < -0.3 is 5.32 Å². The number of hydrogen-bond donors (Lipinski definition) is 1. The van der Waals surface area contributed by atoms with E-state index in [1.165, 1.54) is 33.5 Å². The molecule has 1 aliphatic carbocycles. The van der Waals surface area contributed by atoms with E-state index in [4.69, 9.17) is 0 Å². The van der Waals surface area contributed by atoms with Gasteiger partial charge in [0.1, 0.15) is 0 Å². The highest BCUT2D eigenvalue weighted by Gasteiger charge is 2.28. The lowest BCUT2D eigenvalue weighted by Gasteiger charge is -2.32. The molecule has 1 aromatic heterocycles. The molecule has 112 valence electrons. The zero-order valence-electron chi connectivity index (χ0n) is 12.7. The number of rotatable bonds is 4. The minimum atomic E-state index is 0.478. The monoisotopic (exact) mass is 363 g/mol. The minimum Gasteiger partial charge on any atom is -0.310 e. The van der Waals surface area contributed by atoms with Crippen molar-refractivity contribution >= 4 is 27.3 Å². The normalized spacial score (nSPS) is 19.3. The lowest BCUT2D eigenvalue weighted by atomic mass is 9.78. The average Bonchev–Trinajstić information content (AvgIpc) is 2.83. The Labute approximate surface area is 139 Å². The van der Waals surface area contributed by atoms with E-state index in [0.29, 0.717) is 12.0 Å². The predicted octanol–water partition coefficient (Wildman–Crippen LogP) is 5.27. The molecule has 0 radical (unpaired) electrons. The topological polar surface area (TPSA) is 12.0 Å². The summed E-state index contributed by atoms with van der Waals surface area (Å²) in [6.07, 6.45) is 3.69. The van der Waals surface area contributed by atoms with Gasteiger partial charge in [-0.3, -0.25) is 0 Å². The molecule has 2 unspecified atom stereocenters. The largest absolute Gasteiger partial charge is 0.310 e. The van der Waals surface area contributed by atoms with Gasteiger partial charge in [0.25, 0.3) is 0 Å². The molecule has 1 aliphatic rings. The van der Waals surface area contributed by atoms with Crippen LogP contribution in [0.25, 0.3) is 0 Å². The van der Waals surface area contributed by atoms with Crippen molar-refractivity contribution in [2.24, 2.45) is 5.92 Å². The van der Waals surface area contributed by atoms with Crippen LogP contribution in [-0.4, -0.2) is 6.54 Å². The fraction of sp³-hybridized carbons (Fsp3) is 0.444.